The maximum absolute atomic E-state index is 9.06. The Hall–Kier alpha value is -2.78. The first kappa shape index (κ1) is 18.0. The normalized spacial score (nSPS) is 10.5. The van der Waals surface area contributed by atoms with Gasteiger partial charge in [0, 0.05) is 6.61 Å². The molecule has 0 atom stereocenters. The van der Waals surface area contributed by atoms with Gasteiger partial charge in [0.1, 0.15) is 13.2 Å². The lowest BCUT2D eigenvalue weighted by molar-refractivity contribution is 0.255. The zero-order valence-corrected chi connectivity index (χ0v) is 14.8. The molecule has 3 aromatic carbocycles. The number of rotatable bonds is 9. The van der Waals surface area contributed by atoms with Crippen molar-refractivity contribution in [2.24, 2.45) is 0 Å². The van der Waals surface area contributed by atoms with Gasteiger partial charge in [0.25, 0.3) is 0 Å². The molecule has 3 aromatic rings. The van der Waals surface area contributed by atoms with Gasteiger partial charge in [-0.25, -0.2) is 0 Å². The summed E-state index contributed by atoms with van der Waals surface area (Å²) in [5.74, 6) is 1.47. The maximum Gasteiger partial charge on any atom is 0.161 e. The summed E-state index contributed by atoms with van der Waals surface area (Å²) < 4.78 is 12.0. The summed E-state index contributed by atoms with van der Waals surface area (Å²) in [6, 6.07) is 26.2. The molecule has 0 aromatic heterocycles. The van der Waals surface area contributed by atoms with Gasteiger partial charge in [0.05, 0.1) is 0 Å². The summed E-state index contributed by atoms with van der Waals surface area (Å²) in [5, 5.41) is 9.06. The fraction of sp³-hybridized carbons (Fsp3) is 0.217. The van der Waals surface area contributed by atoms with Gasteiger partial charge in [0.15, 0.2) is 11.5 Å². The second-order valence-electron chi connectivity index (χ2n) is 6.16. The SMILES string of the molecule is OCCCc1ccc(OCc2ccccc2)c(OCc2ccccc2)c1. The highest BCUT2D eigenvalue weighted by Crippen LogP contribution is 2.30. The number of hydrogen-bond donors (Lipinski definition) is 1. The van der Waals surface area contributed by atoms with E-state index in [2.05, 4.69) is 0 Å². The van der Waals surface area contributed by atoms with Crippen molar-refractivity contribution in [2.75, 3.05) is 6.61 Å². The molecular weight excluding hydrogens is 324 g/mol. The van der Waals surface area contributed by atoms with Crippen LogP contribution in [0.15, 0.2) is 78.9 Å². The van der Waals surface area contributed by atoms with E-state index in [-0.39, 0.29) is 6.61 Å². The van der Waals surface area contributed by atoms with Crippen molar-refractivity contribution in [3.8, 4) is 11.5 Å². The van der Waals surface area contributed by atoms with E-state index in [0.29, 0.717) is 13.2 Å². The third kappa shape index (κ3) is 5.36. The van der Waals surface area contributed by atoms with E-state index >= 15 is 0 Å². The van der Waals surface area contributed by atoms with Crippen molar-refractivity contribution in [3.63, 3.8) is 0 Å². The lowest BCUT2D eigenvalue weighted by Crippen LogP contribution is -2.01. The smallest absolute Gasteiger partial charge is 0.161 e. The Kier molecular flexibility index (Phi) is 6.68. The molecular formula is C23H24O3. The summed E-state index contributed by atoms with van der Waals surface area (Å²) in [6.07, 6.45) is 1.56. The van der Waals surface area contributed by atoms with Crippen LogP contribution in [0.5, 0.6) is 11.5 Å². The third-order valence-corrected chi connectivity index (χ3v) is 4.11. The molecule has 0 saturated carbocycles. The average molecular weight is 348 g/mol. The van der Waals surface area contributed by atoms with Crippen LogP contribution < -0.4 is 9.47 Å². The van der Waals surface area contributed by atoms with Crippen molar-refractivity contribution in [3.05, 3.63) is 95.6 Å². The monoisotopic (exact) mass is 348 g/mol. The van der Waals surface area contributed by atoms with E-state index in [1.165, 1.54) is 0 Å². The Morgan fingerprint density at radius 3 is 1.77 bits per heavy atom. The highest BCUT2D eigenvalue weighted by Gasteiger charge is 2.08. The first-order valence-electron chi connectivity index (χ1n) is 8.92. The van der Waals surface area contributed by atoms with Gasteiger partial charge in [-0.1, -0.05) is 66.7 Å². The molecule has 0 heterocycles. The molecule has 0 saturated heterocycles. The molecule has 3 rings (SSSR count). The highest BCUT2D eigenvalue weighted by atomic mass is 16.5. The van der Waals surface area contributed by atoms with Gasteiger partial charge in [-0.3, -0.25) is 0 Å². The van der Waals surface area contributed by atoms with E-state index in [1.54, 1.807) is 0 Å². The van der Waals surface area contributed by atoms with Crippen LogP contribution in [0.3, 0.4) is 0 Å². The van der Waals surface area contributed by atoms with E-state index in [0.717, 1.165) is 41.0 Å². The predicted molar refractivity (Wildman–Crippen MR) is 103 cm³/mol. The molecule has 1 N–H and O–H groups in total. The number of aryl methyl sites for hydroxylation is 1. The van der Waals surface area contributed by atoms with Gasteiger partial charge < -0.3 is 14.6 Å². The second-order valence-corrected chi connectivity index (χ2v) is 6.16. The predicted octanol–water partition coefficient (Wildman–Crippen LogP) is 4.77. The highest BCUT2D eigenvalue weighted by molar-refractivity contribution is 5.43. The average Bonchev–Trinajstić information content (AvgIpc) is 2.71. The van der Waals surface area contributed by atoms with Crippen molar-refractivity contribution in [2.45, 2.75) is 26.1 Å². The van der Waals surface area contributed by atoms with Gasteiger partial charge in [0.2, 0.25) is 0 Å². The lowest BCUT2D eigenvalue weighted by Gasteiger charge is -2.14. The molecule has 26 heavy (non-hydrogen) atoms. The van der Waals surface area contributed by atoms with Crippen LogP contribution in [0.1, 0.15) is 23.1 Å². The second kappa shape index (κ2) is 9.64. The van der Waals surface area contributed by atoms with E-state index in [9.17, 15) is 0 Å². The number of ether oxygens (including phenoxy) is 2. The Labute approximate surface area is 154 Å². The van der Waals surface area contributed by atoms with E-state index in [1.807, 2.05) is 78.9 Å². The van der Waals surface area contributed by atoms with Crippen LogP contribution in [0.2, 0.25) is 0 Å². The van der Waals surface area contributed by atoms with Crippen LogP contribution in [-0.4, -0.2) is 11.7 Å². The molecule has 0 fully saturated rings. The fourth-order valence-electron chi connectivity index (χ4n) is 2.69. The van der Waals surface area contributed by atoms with Crippen LogP contribution >= 0.6 is 0 Å². The van der Waals surface area contributed by atoms with Crippen molar-refractivity contribution < 1.29 is 14.6 Å². The van der Waals surface area contributed by atoms with Crippen molar-refractivity contribution >= 4 is 0 Å². The Morgan fingerprint density at radius 1 is 0.615 bits per heavy atom. The minimum absolute atomic E-state index is 0.187. The maximum atomic E-state index is 9.06. The van der Waals surface area contributed by atoms with Gasteiger partial charge in [-0.15, -0.1) is 0 Å². The quantitative estimate of drug-likeness (QED) is 0.605. The standard InChI is InChI=1S/C23H24O3/c24-15-7-12-19-13-14-22(25-17-20-8-3-1-4-9-20)23(16-19)26-18-21-10-5-2-6-11-21/h1-6,8-11,13-14,16,24H,7,12,15,17-18H2. The first-order chi connectivity index (χ1) is 12.8. The van der Waals surface area contributed by atoms with Crippen molar-refractivity contribution in [1.82, 2.24) is 0 Å². The lowest BCUT2D eigenvalue weighted by atomic mass is 10.1. The molecule has 3 nitrogen and oxygen atoms in total. The molecule has 0 amide bonds. The van der Waals surface area contributed by atoms with Crippen LogP contribution in [0.25, 0.3) is 0 Å². The topological polar surface area (TPSA) is 38.7 Å². The zero-order chi connectivity index (χ0) is 18.0. The molecule has 0 bridgehead atoms. The fourth-order valence-corrected chi connectivity index (χ4v) is 2.69. The molecule has 3 heteroatoms. The van der Waals surface area contributed by atoms with Gasteiger partial charge in [-0.2, -0.15) is 0 Å². The molecule has 0 spiro atoms. The summed E-state index contributed by atoms with van der Waals surface area (Å²) >= 11 is 0. The minimum atomic E-state index is 0.187. The largest absolute Gasteiger partial charge is 0.485 e. The van der Waals surface area contributed by atoms with Gasteiger partial charge >= 0.3 is 0 Å². The zero-order valence-electron chi connectivity index (χ0n) is 14.8. The number of benzene rings is 3. The number of aliphatic hydroxyl groups is 1. The molecule has 0 aliphatic heterocycles. The van der Waals surface area contributed by atoms with Crippen LogP contribution in [-0.2, 0) is 19.6 Å². The van der Waals surface area contributed by atoms with Crippen LogP contribution in [0, 0.1) is 0 Å². The summed E-state index contributed by atoms with van der Waals surface area (Å²) in [7, 11) is 0. The molecule has 0 radical (unpaired) electrons. The minimum Gasteiger partial charge on any atom is -0.485 e. The number of hydrogen-bond acceptors (Lipinski definition) is 3. The molecule has 0 aliphatic rings. The molecule has 0 aliphatic carbocycles. The third-order valence-electron chi connectivity index (χ3n) is 4.11. The van der Waals surface area contributed by atoms with Crippen LogP contribution in [0.4, 0.5) is 0 Å². The summed E-state index contributed by atoms with van der Waals surface area (Å²) in [5.41, 5.74) is 3.36. The van der Waals surface area contributed by atoms with Crippen molar-refractivity contribution in [1.29, 1.82) is 0 Å². The summed E-state index contributed by atoms with van der Waals surface area (Å²) in [6.45, 7) is 1.18. The summed E-state index contributed by atoms with van der Waals surface area (Å²) in [4.78, 5) is 0. The van der Waals surface area contributed by atoms with E-state index < -0.39 is 0 Å². The molecule has 134 valence electrons. The van der Waals surface area contributed by atoms with Gasteiger partial charge in [-0.05, 0) is 41.7 Å². The number of aliphatic hydroxyl groups excluding tert-OH is 1. The Morgan fingerprint density at radius 2 is 1.19 bits per heavy atom. The first-order valence-corrected chi connectivity index (χ1v) is 8.92. The molecule has 0 unspecified atom stereocenters. The Balaban J connectivity index is 1.73. The van der Waals surface area contributed by atoms with E-state index in [4.69, 9.17) is 14.6 Å². The Bertz CT molecular complexity index is 785.